The van der Waals surface area contributed by atoms with Gasteiger partial charge < -0.3 is 24.8 Å². The molecule has 2 rings (SSSR count). The van der Waals surface area contributed by atoms with E-state index >= 15 is 0 Å². The van der Waals surface area contributed by atoms with Gasteiger partial charge >= 0.3 is 0 Å². The summed E-state index contributed by atoms with van der Waals surface area (Å²) in [5.74, 6) is 1.74. The van der Waals surface area contributed by atoms with Crippen LogP contribution in [-0.2, 0) is 24.3 Å². The summed E-state index contributed by atoms with van der Waals surface area (Å²) >= 11 is 0. The molecule has 0 heterocycles. The van der Waals surface area contributed by atoms with Crippen LogP contribution in [-0.4, -0.2) is 34.3 Å². The predicted molar refractivity (Wildman–Crippen MR) is 105 cm³/mol. The summed E-state index contributed by atoms with van der Waals surface area (Å²) in [5.41, 5.74) is 3.25. The van der Waals surface area contributed by atoms with Gasteiger partial charge in [0.25, 0.3) is 0 Å². The third-order valence-corrected chi connectivity index (χ3v) is 4.26. The molecule has 2 aromatic rings. The zero-order chi connectivity index (χ0) is 19.6. The lowest BCUT2D eigenvalue weighted by atomic mass is 10.1. The van der Waals surface area contributed by atoms with Crippen LogP contribution in [0.4, 0.5) is 0 Å². The van der Waals surface area contributed by atoms with Gasteiger partial charge in [-0.1, -0.05) is 24.3 Å². The monoisotopic (exact) mass is 372 g/mol. The van der Waals surface area contributed by atoms with Crippen molar-refractivity contribution < 1.29 is 19.0 Å². The first kappa shape index (κ1) is 20.6. The Morgan fingerprint density at radius 1 is 0.852 bits per heavy atom. The molecule has 0 aromatic heterocycles. The largest absolute Gasteiger partial charge is 0.493 e. The molecule has 146 valence electrons. The Labute approximate surface area is 160 Å². The molecule has 0 radical (unpaired) electrons. The van der Waals surface area contributed by atoms with E-state index in [1.54, 1.807) is 21.3 Å². The molecular formula is C21H28N2O4. The highest BCUT2D eigenvalue weighted by atomic mass is 16.5. The first-order valence-corrected chi connectivity index (χ1v) is 8.89. The minimum atomic E-state index is 0.00283. The molecule has 0 aliphatic carbocycles. The fourth-order valence-corrected chi connectivity index (χ4v) is 2.81. The first-order chi connectivity index (χ1) is 13.1. The topological polar surface area (TPSA) is 68.8 Å². The molecule has 0 bridgehead atoms. The average Bonchev–Trinajstić information content (AvgIpc) is 2.71. The van der Waals surface area contributed by atoms with Crippen LogP contribution >= 0.6 is 0 Å². The smallest absolute Gasteiger partial charge is 0.220 e. The Morgan fingerprint density at radius 2 is 1.41 bits per heavy atom. The lowest BCUT2D eigenvalue weighted by molar-refractivity contribution is -0.121. The standard InChI is InChI=1S/C21H28N2O4/c1-22-13-15-5-7-16(8-6-15)14-23-20(24)10-9-17-11-18(25-2)21(27-4)19(12-17)26-3/h5-8,11-12,22H,9-10,13-14H2,1-4H3,(H,23,24). The number of hydrogen-bond acceptors (Lipinski definition) is 5. The van der Waals surface area contributed by atoms with Gasteiger partial charge in [-0.15, -0.1) is 0 Å². The molecule has 0 unspecified atom stereocenters. The number of amides is 1. The summed E-state index contributed by atoms with van der Waals surface area (Å²) < 4.78 is 16.0. The molecular weight excluding hydrogens is 344 g/mol. The van der Waals surface area contributed by atoms with E-state index < -0.39 is 0 Å². The molecule has 0 spiro atoms. The van der Waals surface area contributed by atoms with Crippen LogP contribution in [0, 0.1) is 0 Å². The third-order valence-electron chi connectivity index (χ3n) is 4.26. The van der Waals surface area contributed by atoms with Crippen LogP contribution in [0.15, 0.2) is 36.4 Å². The maximum atomic E-state index is 12.2. The molecule has 6 nitrogen and oxygen atoms in total. The second kappa shape index (κ2) is 10.4. The quantitative estimate of drug-likeness (QED) is 0.671. The number of carbonyl (C=O) groups excluding carboxylic acids is 1. The van der Waals surface area contributed by atoms with E-state index in [-0.39, 0.29) is 5.91 Å². The van der Waals surface area contributed by atoms with Gasteiger partial charge in [-0.05, 0) is 42.3 Å². The molecule has 27 heavy (non-hydrogen) atoms. The van der Waals surface area contributed by atoms with E-state index in [9.17, 15) is 4.79 Å². The van der Waals surface area contributed by atoms with Crippen molar-refractivity contribution in [1.29, 1.82) is 0 Å². The van der Waals surface area contributed by atoms with Gasteiger partial charge in [0.15, 0.2) is 11.5 Å². The molecule has 0 atom stereocenters. The van der Waals surface area contributed by atoms with E-state index in [1.807, 2.05) is 31.3 Å². The van der Waals surface area contributed by atoms with Crippen molar-refractivity contribution in [1.82, 2.24) is 10.6 Å². The highest BCUT2D eigenvalue weighted by Gasteiger charge is 2.13. The van der Waals surface area contributed by atoms with Crippen LogP contribution in [0.3, 0.4) is 0 Å². The van der Waals surface area contributed by atoms with E-state index in [2.05, 4.69) is 22.8 Å². The summed E-state index contributed by atoms with van der Waals surface area (Å²) in [4.78, 5) is 12.2. The SMILES string of the molecule is CNCc1ccc(CNC(=O)CCc2cc(OC)c(OC)c(OC)c2)cc1. The first-order valence-electron chi connectivity index (χ1n) is 8.89. The van der Waals surface area contributed by atoms with E-state index in [4.69, 9.17) is 14.2 Å². The molecule has 0 saturated heterocycles. The summed E-state index contributed by atoms with van der Waals surface area (Å²) in [7, 11) is 6.65. The highest BCUT2D eigenvalue weighted by molar-refractivity contribution is 5.76. The molecule has 2 N–H and O–H groups in total. The fourth-order valence-electron chi connectivity index (χ4n) is 2.81. The number of rotatable bonds is 10. The minimum absolute atomic E-state index is 0.00283. The summed E-state index contributed by atoms with van der Waals surface area (Å²) in [6, 6.07) is 11.9. The molecule has 1 amide bonds. The zero-order valence-electron chi connectivity index (χ0n) is 16.4. The maximum absolute atomic E-state index is 12.2. The van der Waals surface area contributed by atoms with Gasteiger partial charge in [-0.3, -0.25) is 4.79 Å². The predicted octanol–water partition coefficient (Wildman–Crippen LogP) is 2.68. The third kappa shape index (κ3) is 5.89. The van der Waals surface area contributed by atoms with Crippen LogP contribution in [0.2, 0.25) is 0 Å². The van der Waals surface area contributed by atoms with Gasteiger partial charge in [0.1, 0.15) is 0 Å². The van der Waals surface area contributed by atoms with Gasteiger partial charge in [0.2, 0.25) is 11.7 Å². The number of aryl methyl sites for hydroxylation is 1. The lowest BCUT2D eigenvalue weighted by Gasteiger charge is -2.14. The van der Waals surface area contributed by atoms with Crippen LogP contribution in [0.1, 0.15) is 23.1 Å². The van der Waals surface area contributed by atoms with Crippen molar-refractivity contribution in [3.63, 3.8) is 0 Å². The highest BCUT2D eigenvalue weighted by Crippen LogP contribution is 2.38. The van der Waals surface area contributed by atoms with Crippen LogP contribution in [0.25, 0.3) is 0 Å². The fraction of sp³-hybridized carbons (Fsp3) is 0.381. The Bertz CT molecular complexity index is 719. The average molecular weight is 372 g/mol. The second-order valence-corrected chi connectivity index (χ2v) is 6.16. The lowest BCUT2D eigenvalue weighted by Crippen LogP contribution is -2.23. The van der Waals surface area contributed by atoms with Crippen molar-refractivity contribution in [2.75, 3.05) is 28.4 Å². The van der Waals surface area contributed by atoms with Gasteiger partial charge in [-0.2, -0.15) is 0 Å². The molecule has 0 fully saturated rings. The van der Waals surface area contributed by atoms with E-state index in [0.717, 1.165) is 17.7 Å². The van der Waals surface area contributed by atoms with Crippen molar-refractivity contribution in [2.24, 2.45) is 0 Å². The zero-order valence-corrected chi connectivity index (χ0v) is 16.4. The Balaban J connectivity index is 1.89. The Kier molecular flexibility index (Phi) is 7.95. The number of methoxy groups -OCH3 is 3. The number of hydrogen-bond donors (Lipinski definition) is 2. The maximum Gasteiger partial charge on any atom is 0.220 e. The number of ether oxygens (including phenoxy) is 3. The van der Waals surface area contributed by atoms with E-state index in [0.29, 0.717) is 36.6 Å². The van der Waals surface area contributed by atoms with Crippen LogP contribution in [0.5, 0.6) is 17.2 Å². The number of carbonyl (C=O) groups is 1. The van der Waals surface area contributed by atoms with E-state index in [1.165, 1.54) is 5.56 Å². The van der Waals surface area contributed by atoms with Gasteiger partial charge in [0, 0.05) is 19.5 Å². The molecule has 0 aliphatic rings. The van der Waals surface area contributed by atoms with Crippen molar-refractivity contribution in [3.05, 3.63) is 53.1 Å². The van der Waals surface area contributed by atoms with Crippen LogP contribution < -0.4 is 24.8 Å². The van der Waals surface area contributed by atoms with Gasteiger partial charge in [-0.25, -0.2) is 0 Å². The molecule has 0 aliphatic heterocycles. The van der Waals surface area contributed by atoms with Crippen molar-refractivity contribution in [2.45, 2.75) is 25.9 Å². The summed E-state index contributed by atoms with van der Waals surface area (Å²) in [5, 5.41) is 6.07. The Morgan fingerprint density at radius 3 is 1.89 bits per heavy atom. The van der Waals surface area contributed by atoms with Gasteiger partial charge in [0.05, 0.1) is 21.3 Å². The minimum Gasteiger partial charge on any atom is -0.493 e. The molecule has 6 heteroatoms. The second-order valence-electron chi connectivity index (χ2n) is 6.16. The number of nitrogens with one attached hydrogen (secondary N) is 2. The van der Waals surface area contributed by atoms with Crippen molar-refractivity contribution >= 4 is 5.91 Å². The normalized spacial score (nSPS) is 10.4. The Hall–Kier alpha value is -2.73. The molecule has 0 saturated carbocycles. The molecule has 2 aromatic carbocycles. The summed E-state index contributed by atoms with van der Waals surface area (Å²) in [6.45, 7) is 1.36. The number of benzene rings is 2. The summed E-state index contributed by atoms with van der Waals surface area (Å²) in [6.07, 6.45) is 0.972. The van der Waals surface area contributed by atoms with Crippen molar-refractivity contribution in [3.8, 4) is 17.2 Å².